The number of hydrogen-bond acceptors (Lipinski definition) is 2. The lowest BCUT2D eigenvalue weighted by atomic mass is 9.86. The summed E-state index contributed by atoms with van der Waals surface area (Å²) >= 11 is 0. The summed E-state index contributed by atoms with van der Waals surface area (Å²) < 4.78 is 0. The van der Waals surface area contributed by atoms with E-state index >= 15 is 0 Å². The van der Waals surface area contributed by atoms with Crippen LogP contribution in [0.1, 0.15) is 33.6 Å². The lowest BCUT2D eigenvalue weighted by molar-refractivity contribution is 0.0778. The summed E-state index contributed by atoms with van der Waals surface area (Å²) in [5.41, 5.74) is -0.587. The first-order chi connectivity index (χ1) is 4.54. The van der Waals surface area contributed by atoms with E-state index in [2.05, 4.69) is 6.07 Å². The third-order valence-electron chi connectivity index (χ3n) is 1.68. The van der Waals surface area contributed by atoms with Crippen molar-refractivity contribution >= 4 is 0 Å². The van der Waals surface area contributed by atoms with Crippen LogP contribution in [0.2, 0.25) is 0 Å². The van der Waals surface area contributed by atoms with Crippen LogP contribution in [-0.4, -0.2) is 11.2 Å². The number of rotatable bonds is 3. The molecule has 0 heterocycles. The maximum Gasteiger partial charge on any atom is 0.0776 e. The van der Waals surface area contributed by atoms with Gasteiger partial charge in [-0.05, 0) is 20.3 Å². The highest BCUT2D eigenvalue weighted by molar-refractivity contribution is 4.96. The molecule has 58 valence electrons. The Labute approximate surface area is 62.5 Å². The molecule has 1 N–H and O–H groups in total. The zero-order valence-electron chi connectivity index (χ0n) is 6.89. The minimum absolute atomic E-state index is 0.484. The van der Waals surface area contributed by atoms with E-state index in [4.69, 9.17) is 5.26 Å². The molecule has 0 fully saturated rings. The van der Waals surface area contributed by atoms with E-state index < -0.39 is 11.5 Å². The van der Waals surface area contributed by atoms with Gasteiger partial charge in [0.05, 0.1) is 17.6 Å². The van der Waals surface area contributed by atoms with Gasteiger partial charge in [0.25, 0.3) is 0 Å². The van der Waals surface area contributed by atoms with Crippen molar-refractivity contribution in [2.45, 2.75) is 39.7 Å². The van der Waals surface area contributed by atoms with Gasteiger partial charge in [0.15, 0.2) is 0 Å². The van der Waals surface area contributed by atoms with Gasteiger partial charge in [-0.2, -0.15) is 5.26 Å². The molecule has 0 amide bonds. The Morgan fingerprint density at radius 3 is 2.40 bits per heavy atom. The second-order valence-electron chi connectivity index (χ2n) is 3.14. The molecule has 0 radical (unpaired) electrons. The molecule has 0 aliphatic rings. The Balaban J connectivity index is 3.94. The molecule has 0 unspecified atom stereocenters. The highest BCUT2D eigenvalue weighted by atomic mass is 16.3. The van der Waals surface area contributed by atoms with E-state index in [9.17, 15) is 5.11 Å². The fraction of sp³-hybridized carbons (Fsp3) is 0.875. The molecule has 0 aromatic carbocycles. The highest BCUT2D eigenvalue weighted by Crippen LogP contribution is 2.22. The lowest BCUT2D eigenvalue weighted by Crippen LogP contribution is -2.27. The van der Waals surface area contributed by atoms with Gasteiger partial charge in [0.1, 0.15) is 0 Å². The van der Waals surface area contributed by atoms with E-state index in [1.165, 1.54) is 0 Å². The summed E-state index contributed by atoms with van der Waals surface area (Å²) in [7, 11) is 0. The Kier molecular flexibility index (Phi) is 3.38. The smallest absolute Gasteiger partial charge is 0.0776 e. The molecule has 0 aromatic heterocycles. The maximum absolute atomic E-state index is 9.35. The predicted molar refractivity (Wildman–Crippen MR) is 40.3 cm³/mol. The first kappa shape index (κ1) is 9.45. The SMILES string of the molecule is CCC[C@@H](O)C(C)(C)C#N. The van der Waals surface area contributed by atoms with Crippen LogP contribution in [0.4, 0.5) is 0 Å². The molecule has 0 aliphatic heterocycles. The van der Waals surface area contributed by atoms with Gasteiger partial charge in [-0.1, -0.05) is 13.3 Å². The molecule has 0 saturated heterocycles. The summed E-state index contributed by atoms with van der Waals surface area (Å²) in [5.74, 6) is 0. The number of hydrogen-bond donors (Lipinski definition) is 1. The Morgan fingerprint density at radius 1 is 1.60 bits per heavy atom. The number of aliphatic hydroxyl groups excluding tert-OH is 1. The van der Waals surface area contributed by atoms with Gasteiger partial charge in [-0.25, -0.2) is 0 Å². The average Bonchev–Trinajstić information content (AvgIpc) is 1.89. The zero-order chi connectivity index (χ0) is 8.20. The van der Waals surface area contributed by atoms with Gasteiger partial charge in [-0.15, -0.1) is 0 Å². The van der Waals surface area contributed by atoms with Gasteiger partial charge < -0.3 is 5.11 Å². The van der Waals surface area contributed by atoms with Crippen LogP contribution in [-0.2, 0) is 0 Å². The summed E-state index contributed by atoms with van der Waals surface area (Å²) in [6, 6.07) is 2.08. The van der Waals surface area contributed by atoms with Gasteiger partial charge in [0, 0.05) is 0 Å². The predicted octanol–water partition coefficient (Wildman–Crippen LogP) is 1.70. The van der Waals surface area contributed by atoms with E-state index in [1.54, 1.807) is 13.8 Å². The summed E-state index contributed by atoms with van der Waals surface area (Å²) in [4.78, 5) is 0. The number of aliphatic hydroxyl groups is 1. The molecule has 2 nitrogen and oxygen atoms in total. The fourth-order valence-corrected chi connectivity index (χ4v) is 0.709. The number of nitrogens with zero attached hydrogens (tertiary/aromatic N) is 1. The lowest BCUT2D eigenvalue weighted by Gasteiger charge is -2.21. The van der Waals surface area contributed by atoms with Crippen LogP contribution in [0.5, 0.6) is 0 Å². The molecule has 2 heteroatoms. The zero-order valence-corrected chi connectivity index (χ0v) is 6.89. The van der Waals surface area contributed by atoms with Crippen LogP contribution < -0.4 is 0 Å². The standard InChI is InChI=1S/C8H15NO/c1-4-5-7(10)8(2,3)6-9/h7,10H,4-5H2,1-3H3/t7-/m1/s1. The molecule has 0 aliphatic carbocycles. The van der Waals surface area contributed by atoms with Crippen molar-refractivity contribution in [1.29, 1.82) is 5.26 Å². The van der Waals surface area contributed by atoms with Crippen molar-refractivity contribution in [2.24, 2.45) is 5.41 Å². The Hall–Kier alpha value is -0.550. The maximum atomic E-state index is 9.35. The van der Waals surface area contributed by atoms with Crippen molar-refractivity contribution in [2.75, 3.05) is 0 Å². The van der Waals surface area contributed by atoms with Crippen molar-refractivity contribution in [3.05, 3.63) is 0 Å². The second-order valence-corrected chi connectivity index (χ2v) is 3.14. The summed E-state index contributed by atoms with van der Waals surface area (Å²) in [6.45, 7) is 5.51. The third-order valence-corrected chi connectivity index (χ3v) is 1.68. The normalized spacial score (nSPS) is 14.3. The second kappa shape index (κ2) is 3.58. The largest absolute Gasteiger partial charge is 0.391 e. The molecule has 1 atom stereocenters. The molecular weight excluding hydrogens is 126 g/mol. The number of nitriles is 1. The van der Waals surface area contributed by atoms with Crippen molar-refractivity contribution in [3.63, 3.8) is 0 Å². The van der Waals surface area contributed by atoms with Crippen LogP contribution >= 0.6 is 0 Å². The highest BCUT2D eigenvalue weighted by Gasteiger charge is 2.26. The molecule has 0 aromatic rings. The van der Waals surface area contributed by atoms with Crippen molar-refractivity contribution < 1.29 is 5.11 Å². The Bertz CT molecular complexity index is 135. The molecule has 0 saturated carbocycles. The monoisotopic (exact) mass is 141 g/mol. The third kappa shape index (κ3) is 2.36. The van der Waals surface area contributed by atoms with E-state index in [-0.39, 0.29) is 0 Å². The molecule has 0 spiro atoms. The minimum atomic E-state index is -0.587. The summed E-state index contributed by atoms with van der Waals surface area (Å²) in [5, 5.41) is 17.9. The first-order valence-electron chi connectivity index (χ1n) is 3.64. The molecule has 0 rings (SSSR count). The van der Waals surface area contributed by atoms with Crippen LogP contribution in [0.15, 0.2) is 0 Å². The van der Waals surface area contributed by atoms with Gasteiger partial charge >= 0.3 is 0 Å². The average molecular weight is 141 g/mol. The minimum Gasteiger partial charge on any atom is -0.391 e. The van der Waals surface area contributed by atoms with Crippen molar-refractivity contribution in [3.8, 4) is 6.07 Å². The van der Waals surface area contributed by atoms with Crippen LogP contribution in [0.25, 0.3) is 0 Å². The van der Waals surface area contributed by atoms with Crippen LogP contribution in [0.3, 0.4) is 0 Å². The summed E-state index contributed by atoms with van der Waals surface area (Å²) in [6.07, 6.45) is 1.15. The van der Waals surface area contributed by atoms with Gasteiger partial charge in [-0.3, -0.25) is 0 Å². The van der Waals surface area contributed by atoms with E-state index in [0.29, 0.717) is 6.42 Å². The fourth-order valence-electron chi connectivity index (χ4n) is 0.709. The quantitative estimate of drug-likeness (QED) is 0.650. The topological polar surface area (TPSA) is 44.0 Å². The molecular formula is C8H15NO. The van der Waals surface area contributed by atoms with Crippen molar-refractivity contribution in [1.82, 2.24) is 0 Å². The van der Waals surface area contributed by atoms with Gasteiger partial charge in [0.2, 0.25) is 0 Å². The van der Waals surface area contributed by atoms with Crippen LogP contribution in [0, 0.1) is 16.7 Å². The first-order valence-corrected chi connectivity index (χ1v) is 3.64. The van der Waals surface area contributed by atoms with E-state index in [0.717, 1.165) is 6.42 Å². The Morgan fingerprint density at radius 2 is 2.10 bits per heavy atom. The molecule has 0 bridgehead atoms. The van der Waals surface area contributed by atoms with E-state index in [1.807, 2.05) is 6.92 Å². The molecule has 10 heavy (non-hydrogen) atoms.